The number of likely N-dealkylation sites (tertiary alicyclic amines) is 1. The number of carbonyl (C=O) groups is 1. The zero-order valence-corrected chi connectivity index (χ0v) is 19.6. The van der Waals surface area contributed by atoms with Crippen LogP contribution in [0.25, 0.3) is 10.9 Å². The van der Waals surface area contributed by atoms with Crippen molar-refractivity contribution in [2.45, 2.75) is 58.0 Å². The van der Waals surface area contributed by atoms with E-state index in [9.17, 15) is 4.79 Å². The Morgan fingerprint density at radius 3 is 2.79 bits per heavy atom. The second-order valence-corrected chi connectivity index (χ2v) is 9.96. The lowest BCUT2D eigenvalue weighted by Gasteiger charge is -2.41. The number of aromatic amines is 1. The van der Waals surface area contributed by atoms with Crippen LogP contribution in [0.1, 0.15) is 50.2 Å². The van der Waals surface area contributed by atoms with Gasteiger partial charge in [0, 0.05) is 18.3 Å². The first-order chi connectivity index (χ1) is 16.1. The Bertz CT molecular complexity index is 1100. The van der Waals surface area contributed by atoms with E-state index < -0.39 is 0 Å². The van der Waals surface area contributed by atoms with Gasteiger partial charge in [0.25, 0.3) is 0 Å². The summed E-state index contributed by atoms with van der Waals surface area (Å²) in [4.78, 5) is 19.3. The predicted molar refractivity (Wildman–Crippen MR) is 132 cm³/mol. The van der Waals surface area contributed by atoms with Crippen LogP contribution in [0.3, 0.4) is 0 Å². The summed E-state index contributed by atoms with van der Waals surface area (Å²) < 4.78 is 6.08. The molecule has 0 unspecified atom stereocenters. The number of piperidine rings is 1. The predicted octanol–water partition coefficient (Wildman–Crippen LogP) is 5.06. The molecular weight excluding hydrogens is 410 g/mol. The normalized spacial score (nSPS) is 22.1. The maximum atomic E-state index is 13.5. The summed E-state index contributed by atoms with van der Waals surface area (Å²) in [5.41, 5.74) is 3.54. The van der Waals surface area contributed by atoms with Crippen molar-refractivity contribution in [2.75, 3.05) is 19.7 Å². The first kappa shape index (κ1) is 22.0. The minimum absolute atomic E-state index is 0.00703. The number of nitrogens with one attached hydrogen (secondary N) is 2. The van der Waals surface area contributed by atoms with Crippen molar-refractivity contribution in [3.05, 3.63) is 65.9 Å². The zero-order valence-electron chi connectivity index (χ0n) is 19.6. The number of hydrogen-bond acceptors (Lipinski definition) is 3. The molecule has 1 fully saturated rings. The number of ether oxygens (including phenoxy) is 1. The van der Waals surface area contributed by atoms with Crippen molar-refractivity contribution in [2.24, 2.45) is 5.41 Å². The SMILES string of the molecule is C[C@@H]1COc2ccccc2CCCCC2(CCN(Cc3ccc4cc[nH]c4c3)CC2)C(=O)N1. The Hall–Kier alpha value is -2.79. The third-order valence-electron chi connectivity index (χ3n) is 7.51. The van der Waals surface area contributed by atoms with Crippen molar-refractivity contribution in [3.8, 4) is 5.75 Å². The minimum atomic E-state index is -0.257. The molecule has 2 aliphatic heterocycles. The second-order valence-electron chi connectivity index (χ2n) is 9.96. The summed E-state index contributed by atoms with van der Waals surface area (Å²) >= 11 is 0. The van der Waals surface area contributed by atoms with Crippen LogP contribution in [0.5, 0.6) is 5.75 Å². The van der Waals surface area contributed by atoms with Gasteiger partial charge in [-0.25, -0.2) is 0 Å². The molecule has 2 N–H and O–H groups in total. The number of amides is 1. The molecule has 5 heteroatoms. The highest BCUT2D eigenvalue weighted by atomic mass is 16.5. The van der Waals surface area contributed by atoms with E-state index in [-0.39, 0.29) is 17.4 Å². The van der Waals surface area contributed by atoms with Crippen molar-refractivity contribution >= 4 is 16.8 Å². The van der Waals surface area contributed by atoms with E-state index in [0.29, 0.717) is 6.61 Å². The number of nitrogens with zero attached hydrogens (tertiary/aromatic N) is 1. The Balaban J connectivity index is 1.25. The molecule has 1 saturated heterocycles. The van der Waals surface area contributed by atoms with Crippen LogP contribution in [0, 0.1) is 5.41 Å². The Kier molecular flexibility index (Phi) is 6.41. The molecule has 2 aliphatic rings. The molecule has 1 amide bonds. The monoisotopic (exact) mass is 445 g/mol. The van der Waals surface area contributed by atoms with Crippen molar-refractivity contribution in [1.29, 1.82) is 0 Å². The lowest BCUT2D eigenvalue weighted by Crippen LogP contribution is -2.51. The lowest BCUT2D eigenvalue weighted by atomic mass is 9.73. The summed E-state index contributed by atoms with van der Waals surface area (Å²) in [5, 5.41) is 4.54. The van der Waals surface area contributed by atoms with Crippen molar-refractivity contribution in [3.63, 3.8) is 0 Å². The smallest absolute Gasteiger partial charge is 0.226 e. The number of para-hydroxylation sites is 1. The third kappa shape index (κ3) is 4.93. The number of aryl methyl sites for hydroxylation is 1. The van der Waals surface area contributed by atoms with Gasteiger partial charge in [0.2, 0.25) is 5.91 Å². The first-order valence-electron chi connectivity index (χ1n) is 12.4. The number of H-pyrrole nitrogens is 1. The van der Waals surface area contributed by atoms with E-state index in [0.717, 1.165) is 63.9 Å². The summed E-state index contributed by atoms with van der Waals surface area (Å²) in [7, 11) is 0. The molecule has 5 nitrogen and oxygen atoms in total. The fraction of sp³-hybridized carbons (Fsp3) is 0.464. The van der Waals surface area contributed by atoms with Gasteiger partial charge in [-0.05, 0) is 86.8 Å². The Morgan fingerprint density at radius 1 is 1.06 bits per heavy atom. The quantitative estimate of drug-likeness (QED) is 0.580. The molecule has 1 spiro atoms. The topological polar surface area (TPSA) is 57.4 Å². The fourth-order valence-electron chi connectivity index (χ4n) is 5.44. The standard InChI is InChI=1S/C28H35N3O2/c1-21-20-33-26-8-3-2-6-24(26)7-4-5-12-28(27(32)30-21)13-16-31(17-14-28)19-22-9-10-23-11-15-29-25(23)18-22/h2-3,6,8-11,15,18,21,29H,4-5,7,12-14,16-17,19-20H2,1H3,(H,30,32)/t21-/m1/s1. The Morgan fingerprint density at radius 2 is 1.91 bits per heavy atom. The van der Waals surface area contributed by atoms with E-state index in [1.807, 2.05) is 25.3 Å². The number of rotatable bonds is 2. The molecule has 0 saturated carbocycles. The van der Waals surface area contributed by atoms with Crippen LogP contribution in [-0.2, 0) is 17.8 Å². The van der Waals surface area contributed by atoms with Crippen LogP contribution < -0.4 is 10.1 Å². The largest absolute Gasteiger partial charge is 0.491 e. The molecule has 0 bridgehead atoms. The maximum Gasteiger partial charge on any atom is 0.226 e. The number of aromatic nitrogens is 1. The minimum Gasteiger partial charge on any atom is -0.491 e. The van der Waals surface area contributed by atoms with E-state index >= 15 is 0 Å². The lowest BCUT2D eigenvalue weighted by molar-refractivity contribution is -0.135. The van der Waals surface area contributed by atoms with E-state index in [2.05, 4.69) is 51.6 Å². The molecule has 174 valence electrons. The number of hydrogen-bond donors (Lipinski definition) is 2. The van der Waals surface area contributed by atoms with Crippen molar-refractivity contribution in [1.82, 2.24) is 15.2 Å². The summed E-state index contributed by atoms with van der Waals surface area (Å²) in [6.07, 6.45) is 7.98. The van der Waals surface area contributed by atoms with E-state index in [1.165, 1.54) is 22.0 Å². The van der Waals surface area contributed by atoms with Gasteiger partial charge in [0.1, 0.15) is 12.4 Å². The van der Waals surface area contributed by atoms with Gasteiger partial charge in [-0.3, -0.25) is 9.69 Å². The fourth-order valence-corrected chi connectivity index (χ4v) is 5.44. The van der Waals surface area contributed by atoms with Gasteiger partial charge in [-0.2, -0.15) is 0 Å². The number of fused-ring (bicyclic) bond motifs is 2. The summed E-state index contributed by atoms with van der Waals surface area (Å²) in [5.74, 6) is 1.18. The van der Waals surface area contributed by atoms with Crippen LogP contribution in [0.4, 0.5) is 0 Å². The van der Waals surface area contributed by atoms with Crippen LogP contribution >= 0.6 is 0 Å². The molecule has 1 aromatic heterocycles. The highest BCUT2D eigenvalue weighted by molar-refractivity contribution is 5.83. The molecule has 0 aliphatic carbocycles. The summed E-state index contributed by atoms with van der Waals surface area (Å²) in [6, 6.07) is 17.1. The van der Waals surface area contributed by atoms with Gasteiger partial charge in [-0.1, -0.05) is 36.8 Å². The third-order valence-corrected chi connectivity index (χ3v) is 7.51. The maximum absolute atomic E-state index is 13.5. The van der Waals surface area contributed by atoms with Gasteiger partial charge in [-0.15, -0.1) is 0 Å². The van der Waals surface area contributed by atoms with E-state index in [1.54, 1.807) is 0 Å². The molecule has 3 aromatic rings. The van der Waals surface area contributed by atoms with Crippen LogP contribution in [0.2, 0.25) is 0 Å². The van der Waals surface area contributed by atoms with Crippen LogP contribution in [-0.4, -0.2) is 41.5 Å². The van der Waals surface area contributed by atoms with Crippen molar-refractivity contribution < 1.29 is 9.53 Å². The highest BCUT2D eigenvalue weighted by Gasteiger charge is 2.41. The van der Waals surface area contributed by atoms with Crippen LogP contribution in [0.15, 0.2) is 54.7 Å². The van der Waals surface area contributed by atoms with E-state index in [4.69, 9.17) is 4.74 Å². The number of benzene rings is 2. The first-order valence-corrected chi connectivity index (χ1v) is 12.4. The zero-order chi connectivity index (χ0) is 22.7. The molecule has 33 heavy (non-hydrogen) atoms. The highest BCUT2D eigenvalue weighted by Crippen LogP contribution is 2.38. The van der Waals surface area contributed by atoms with Gasteiger partial charge in [0.15, 0.2) is 0 Å². The Labute approximate surface area is 196 Å². The van der Waals surface area contributed by atoms with Gasteiger partial charge in [0.05, 0.1) is 11.5 Å². The van der Waals surface area contributed by atoms with Gasteiger partial charge < -0.3 is 15.0 Å². The molecular formula is C28H35N3O2. The number of carbonyl (C=O) groups excluding carboxylic acids is 1. The summed E-state index contributed by atoms with van der Waals surface area (Å²) in [6.45, 7) is 5.42. The molecule has 3 heterocycles. The molecule has 1 atom stereocenters. The van der Waals surface area contributed by atoms with Gasteiger partial charge >= 0.3 is 0 Å². The molecule has 5 rings (SSSR count). The average Bonchev–Trinajstić information content (AvgIpc) is 3.29. The second kappa shape index (κ2) is 9.60. The average molecular weight is 446 g/mol. The molecule has 2 aromatic carbocycles. The molecule has 0 radical (unpaired) electrons.